The summed E-state index contributed by atoms with van der Waals surface area (Å²) >= 11 is 0. The molecule has 4 heteroatoms. The lowest BCUT2D eigenvalue weighted by Crippen LogP contribution is -2.34. The van der Waals surface area contributed by atoms with Crippen molar-refractivity contribution < 1.29 is 9.90 Å². The van der Waals surface area contributed by atoms with Gasteiger partial charge in [-0.25, -0.2) is 0 Å². The molecule has 1 aromatic carbocycles. The molecule has 0 aliphatic rings. The lowest BCUT2D eigenvalue weighted by molar-refractivity contribution is 0.0719. The number of hydrogen-bond donors (Lipinski definition) is 2. The Morgan fingerprint density at radius 2 is 1.94 bits per heavy atom. The maximum Gasteiger partial charge on any atom is 0.253 e. The van der Waals surface area contributed by atoms with E-state index in [4.69, 9.17) is 10.8 Å². The Morgan fingerprint density at radius 1 is 1.29 bits per heavy atom. The van der Waals surface area contributed by atoms with Gasteiger partial charge in [-0.15, -0.1) is 0 Å². The standard InChI is InChI=1S/C13H20N2O2/c1-2-3-8-15(9-10-16)13(17)11-4-6-12(14)7-5-11/h4-7,16H,2-3,8-10,14H2,1H3. The number of aliphatic hydroxyl groups is 1. The smallest absolute Gasteiger partial charge is 0.253 e. The molecule has 0 saturated carbocycles. The van der Waals surface area contributed by atoms with E-state index in [2.05, 4.69) is 6.92 Å². The van der Waals surface area contributed by atoms with Gasteiger partial charge >= 0.3 is 0 Å². The van der Waals surface area contributed by atoms with E-state index in [0.29, 0.717) is 24.3 Å². The molecule has 1 rings (SSSR count). The Morgan fingerprint density at radius 3 is 2.47 bits per heavy atom. The minimum Gasteiger partial charge on any atom is -0.399 e. The number of anilines is 1. The van der Waals surface area contributed by atoms with Crippen LogP contribution in [-0.2, 0) is 0 Å². The molecule has 3 N–H and O–H groups in total. The maximum absolute atomic E-state index is 12.1. The first-order chi connectivity index (χ1) is 8.19. The number of hydrogen-bond acceptors (Lipinski definition) is 3. The lowest BCUT2D eigenvalue weighted by Gasteiger charge is -2.21. The van der Waals surface area contributed by atoms with Crippen LogP contribution in [0.2, 0.25) is 0 Å². The number of rotatable bonds is 6. The largest absolute Gasteiger partial charge is 0.399 e. The number of nitrogens with zero attached hydrogens (tertiary/aromatic N) is 1. The first-order valence-corrected chi connectivity index (χ1v) is 5.94. The van der Waals surface area contributed by atoms with Crippen LogP contribution in [0, 0.1) is 0 Å². The molecule has 94 valence electrons. The SMILES string of the molecule is CCCCN(CCO)C(=O)c1ccc(N)cc1. The number of nitrogen functional groups attached to an aromatic ring is 1. The highest BCUT2D eigenvalue weighted by Crippen LogP contribution is 2.09. The second-order valence-electron chi connectivity index (χ2n) is 3.99. The average molecular weight is 236 g/mol. The third-order valence-corrected chi connectivity index (χ3v) is 2.60. The third-order valence-electron chi connectivity index (χ3n) is 2.60. The predicted octanol–water partition coefficient (Wildman–Crippen LogP) is 1.50. The molecule has 0 heterocycles. The van der Waals surface area contributed by atoms with Gasteiger partial charge in [-0.1, -0.05) is 13.3 Å². The van der Waals surface area contributed by atoms with Crippen molar-refractivity contribution in [3.05, 3.63) is 29.8 Å². The monoisotopic (exact) mass is 236 g/mol. The summed E-state index contributed by atoms with van der Waals surface area (Å²) in [6.45, 7) is 3.12. The normalized spacial score (nSPS) is 10.2. The van der Waals surface area contributed by atoms with Crippen molar-refractivity contribution in [2.45, 2.75) is 19.8 Å². The van der Waals surface area contributed by atoms with Crippen LogP contribution in [0.4, 0.5) is 5.69 Å². The van der Waals surface area contributed by atoms with E-state index in [1.54, 1.807) is 29.2 Å². The lowest BCUT2D eigenvalue weighted by atomic mass is 10.1. The first-order valence-electron chi connectivity index (χ1n) is 5.94. The summed E-state index contributed by atoms with van der Waals surface area (Å²) in [5.74, 6) is -0.0486. The van der Waals surface area contributed by atoms with Crippen molar-refractivity contribution in [2.24, 2.45) is 0 Å². The van der Waals surface area contributed by atoms with Crippen molar-refractivity contribution in [2.75, 3.05) is 25.4 Å². The van der Waals surface area contributed by atoms with Gasteiger partial charge in [0.15, 0.2) is 0 Å². The molecular formula is C13H20N2O2. The topological polar surface area (TPSA) is 66.6 Å². The van der Waals surface area contributed by atoms with Gasteiger partial charge in [-0.3, -0.25) is 4.79 Å². The summed E-state index contributed by atoms with van der Waals surface area (Å²) in [6.07, 6.45) is 1.97. The Balaban J connectivity index is 2.72. The molecule has 0 bridgehead atoms. The van der Waals surface area contributed by atoms with E-state index in [9.17, 15) is 4.79 Å². The Labute approximate surface area is 102 Å². The van der Waals surface area contributed by atoms with E-state index < -0.39 is 0 Å². The molecule has 0 saturated heterocycles. The first kappa shape index (κ1) is 13.5. The number of amides is 1. The Bertz CT molecular complexity index is 349. The number of unbranched alkanes of at least 4 members (excludes halogenated alkanes) is 1. The number of carbonyl (C=O) groups is 1. The summed E-state index contributed by atoms with van der Waals surface area (Å²) in [6, 6.07) is 6.86. The molecule has 17 heavy (non-hydrogen) atoms. The fourth-order valence-electron chi connectivity index (χ4n) is 1.59. The Kier molecular flexibility index (Phi) is 5.49. The molecule has 1 aromatic rings. The molecule has 0 radical (unpaired) electrons. The van der Waals surface area contributed by atoms with Crippen molar-refractivity contribution in [1.29, 1.82) is 0 Å². The molecule has 0 aromatic heterocycles. The van der Waals surface area contributed by atoms with Crippen LogP contribution < -0.4 is 5.73 Å². The fourth-order valence-corrected chi connectivity index (χ4v) is 1.59. The second-order valence-corrected chi connectivity index (χ2v) is 3.99. The summed E-state index contributed by atoms with van der Waals surface area (Å²) in [4.78, 5) is 13.8. The van der Waals surface area contributed by atoms with Crippen LogP contribution in [-0.4, -0.2) is 35.6 Å². The van der Waals surface area contributed by atoms with Crippen LogP contribution in [0.3, 0.4) is 0 Å². The zero-order valence-corrected chi connectivity index (χ0v) is 10.2. The molecule has 0 atom stereocenters. The number of aliphatic hydroxyl groups excluding tert-OH is 1. The summed E-state index contributed by atoms with van der Waals surface area (Å²) in [5.41, 5.74) is 6.83. The summed E-state index contributed by atoms with van der Waals surface area (Å²) in [7, 11) is 0. The van der Waals surface area contributed by atoms with E-state index in [0.717, 1.165) is 12.8 Å². The molecule has 1 amide bonds. The zero-order valence-electron chi connectivity index (χ0n) is 10.2. The van der Waals surface area contributed by atoms with Crippen LogP contribution in [0.25, 0.3) is 0 Å². The van der Waals surface area contributed by atoms with Crippen LogP contribution in [0.1, 0.15) is 30.1 Å². The maximum atomic E-state index is 12.1. The van der Waals surface area contributed by atoms with Gasteiger partial charge in [0.25, 0.3) is 5.91 Å². The van der Waals surface area contributed by atoms with Crippen molar-refractivity contribution in [1.82, 2.24) is 4.90 Å². The van der Waals surface area contributed by atoms with Crippen LogP contribution in [0.15, 0.2) is 24.3 Å². The molecule has 4 nitrogen and oxygen atoms in total. The van der Waals surface area contributed by atoms with Gasteiger partial charge in [-0.2, -0.15) is 0 Å². The van der Waals surface area contributed by atoms with E-state index in [-0.39, 0.29) is 12.5 Å². The highest BCUT2D eigenvalue weighted by molar-refractivity contribution is 5.94. The number of benzene rings is 1. The van der Waals surface area contributed by atoms with Gasteiger partial charge in [0, 0.05) is 24.3 Å². The van der Waals surface area contributed by atoms with Gasteiger partial charge in [0.2, 0.25) is 0 Å². The fraction of sp³-hybridized carbons (Fsp3) is 0.462. The van der Waals surface area contributed by atoms with Gasteiger partial charge < -0.3 is 15.7 Å². The van der Waals surface area contributed by atoms with Gasteiger partial charge in [-0.05, 0) is 30.7 Å². The molecule has 0 fully saturated rings. The number of nitrogens with two attached hydrogens (primary N) is 1. The molecular weight excluding hydrogens is 216 g/mol. The minimum absolute atomic E-state index is 0.00950. The molecule has 0 aliphatic heterocycles. The van der Waals surface area contributed by atoms with Crippen molar-refractivity contribution in [3.63, 3.8) is 0 Å². The Hall–Kier alpha value is -1.55. The van der Waals surface area contributed by atoms with Crippen LogP contribution in [0.5, 0.6) is 0 Å². The summed E-state index contributed by atoms with van der Waals surface area (Å²) < 4.78 is 0. The van der Waals surface area contributed by atoms with E-state index in [1.165, 1.54) is 0 Å². The highest BCUT2D eigenvalue weighted by Gasteiger charge is 2.14. The predicted molar refractivity (Wildman–Crippen MR) is 68.8 cm³/mol. The van der Waals surface area contributed by atoms with E-state index in [1.807, 2.05) is 0 Å². The number of carbonyl (C=O) groups excluding carboxylic acids is 1. The molecule has 0 unspecified atom stereocenters. The quantitative estimate of drug-likeness (QED) is 0.736. The third kappa shape index (κ3) is 4.07. The highest BCUT2D eigenvalue weighted by atomic mass is 16.3. The molecule has 0 spiro atoms. The zero-order chi connectivity index (χ0) is 12.7. The summed E-state index contributed by atoms with van der Waals surface area (Å²) in [5, 5.41) is 8.96. The van der Waals surface area contributed by atoms with E-state index >= 15 is 0 Å². The van der Waals surface area contributed by atoms with Crippen LogP contribution >= 0.6 is 0 Å². The van der Waals surface area contributed by atoms with Crippen molar-refractivity contribution in [3.8, 4) is 0 Å². The minimum atomic E-state index is -0.0486. The molecule has 0 aliphatic carbocycles. The van der Waals surface area contributed by atoms with Gasteiger partial charge in [0.05, 0.1) is 6.61 Å². The second kappa shape index (κ2) is 6.91. The van der Waals surface area contributed by atoms with Gasteiger partial charge in [0.1, 0.15) is 0 Å². The average Bonchev–Trinajstić information content (AvgIpc) is 2.34. The van der Waals surface area contributed by atoms with Crippen molar-refractivity contribution >= 4 is 11.6 Å².